The molecule has 1 saturated heterocycles. The molecule has 0 saturated carbocycles. The summed E-state index contributed by atoms with van der Waals surface area (Å²) in [5, 5.41) is 14.1. The van der Waals surface area contributed by atoms with Gasteiger partial charge in [-0.1, -0.05) is 42.5 Å². The summed E-state index contributed by atoms with van der Waals surface area (Å²) in [6, 6.07) is 17.7. The minimum Gasteiger partial charge on any atom is -0.439 e. The van der Waals surface area contributed by atoms with Gasteiger partial charge in [0.2, 0.25) is 5.89 Å². The van der Waals surface area contributed by atoms with Gasteiger partial charge >= 0.3 is 0 Å². The van der Waals surface area contributed by atoms with Crippen molar-refractivity contribution in [3.05, 3.63) is 66.1 Å². The number of nitrogens with one attached hydrogen (secondary N) is 1. The summed E-state index contributed by atoms with van der Waals surface area (Å²) in [4.78, 5) is 19.0. The lowest BCUT2D eigenvalue weighted by Crippen LogP contribution is -2.58. The number of amides is 1. The molecule has 0 radical (unpaired) electrons. The Hall–Kier alpha value is -2.70. The number of hydrogen-bond acceptors (Lipinski definition) is 5. The topological polar surface area (TPSA) is 78.6 Å². The maximum absolute atomic E-state index is 12.8. The van der Waals surface area contributed by atoms with Gasteiger partial charge < -0.3 is 19.7 Å². The summed E-state index contributed by atoms with van der Waals surface area (Å²) in [5.41, 5.74) is 1.36. The van der Waals surface area contributed by atoms with Crippen LogP contribution in [0.25, 0.3) is 11.1 Å². The molecular weight excluding hydrogens is 354 g/mol. The second-order valence-corrected chi connectivity index (χ2v) is 7.34. The number of aliphatic hydroxyl groups is 1. The zero-order valence-electron chi connectivity index (χ0n) is 15.8. The van der Waals surface area contributed by atoms with Gasteiger partial charge in [-0.05, 0) is 37.0 Å². The van der Waals surface area contributed by atoms with Crippen LogP contribution in [0.5, 0.6) is 0 Å². The number of oxazole rings is 1. The molecule has 1 aliphatic heterocycles. The van der Waals surface area contributed by atoms with Gasteiger partial charge in [-0.3, -0.25) is 4.79 Å². The predicted octanol–water partition coefficient (Wildman–Crippen LogP) is 2.51. The van der Waals surface area contributed by atoms with Gasteiger partial charge in [-0.15, -0.1) is 0 Å². The van der Waals surface area contributed by atoms with E-state index in [1.54, 1.807) is 4.90 Å². The average molecular weight is 379 g/mol. The van der Waals surface area contributed by atoms with E-state index in [-0.39, 0.29) is 12.5 Å². The van der Waals surface area contributed by atoms with Crippen LogP contribution in [0.4, 0.5) is 0 Å². The first kappa shape index (κ1) is 18.7. The van der Waals surface area contributed by atoms with Crippen LogP contribution in [0.3, 0.4) is 0 Å². The molecule has 2 N–H and O–H groups in total. The van der Waals surface area contributed by atoms with E-state index in [4.69, 9.17) is 4.42 Å². The number of para-hydroxylation sites is 2. The molecule has 0 bridgehead atoms. The number of hydrogen-bond donors (Lipinski definition) is 2. The smallest absolute Gasteiger partial charge is 0.255 e. The molecule has 3 aromatic rings. The molecule has 2 heterocycles. The molecule has 0 unspecified atom stereocenters. The molecule has 0 aliphatic carbocycles. The SMILES string of the molecule is O=C1N(CCc2ccccc2)CCC[C@]1(O)CNCc1nc2ccccc2o1. The highest BCUT2D eigenvalue weighted by atomic mass is 16.3. The number of likely N-dealkylation sites (tertiary alicyclic amines) is 1. The normalized spacial score (nSPS) is 20.0. The standard InChI is InChI=1S/C22H25N3O3/c26-21-22(27,12-6-13-25(21)14-11-17-7-2-1-3-8-17)16-23-15-20-24-18-9-4-5-10-19(18)28-20/h1-5,7-10,23,27H,6,11-16H2/t22-/m0/s1. The highest BCUT2D eigenvalue weighted by molar-refractivity contribution is 5.86. The van der Waals surface area contributed by atoms with Crippen LogP contribution in [0.2, 0.25) is 0 Å². The van der Waals surface area contributed by atoms with Crippen molar-refractivity contribution in [1.29, 1.82) is 0 Å². The Bertz CT molecular complexity index is 907. The third-order valence-corrected chi connectivity index (χ3v) is 5.25. The third kappa shape index (κ3) is 4.08. The van der Waals surface area contributed by atoms with Gasteiger partial charge in [0.15, 0.2) is 11.2 Å². The van der Waals surface area contributed by atoms with E-state index in [1.165, 1.54) is 5.56 Å². The van der Waals surface area contributed by atoms with Gasteiger partial charge in [-0.2, -0.15) is 0 Å². The lowest BCUT2D eigenvalue weighted by atomic mass is 9.91. The van der Waals surface area contributed by atoms with Crippen LogP contribution in [0.15, 0.2) is 59.0 Å². The predicted molar refractivity (Wildman–Crippen MR) is 107 cm³/mol. The molecule has 0 spiro atoms. The average Bonchev–Trinajstić information content (AvgIpc) is 3.13. The summed E-state index contributed by atoms with van der Waals surface area (Å²) in [7, 11) is 0. The van der Waals surface area contributed by atoms with Crippen molar-refractivity contribution in [3.8, 4) is 0 Å². The summed E-state index contributed by atoms with van der Waals surface area (Å²) < 4.78 is 5.68. The second-order valence-electron chi connectivity index (χ2n) is 7.34. The Balaban J connectivity index is 1.33. The highest BCUT2D eigenvalue weighted by Gasteiger charge is 2.41. The molecule has 6 nitrogen and oxygen atoms in total. The molecule has 146 valence electrons. The van der Waals surface area contributed by atoms with Gasteiger partial charge in [0.05, 0.1) is 6.54 Å². The molecule has 1 fully saturated rings. The van der Waals surface area contributed by atoms with Crippen molar-refractivity contribution >= 4 is 17.0 Å². The Labute approximate surface area is 164 Å². The van der Waals surface area contributed by atoms with E-state index < -0.39 is 5.60 Å². The maximum Gasteiger partial charge on any atom is 0.255 e. The summed E-state index contributed by atoms with van der Waals surface area (Å²) in [6.07, 6.45) is 2.05. The molecule has 1 aliphatic rings. The zero-order valence-corrected chi connectivity index (χ0v) is 15.8. The molecule has 1 atom stereocenters. The van der Waals surface area contributed by atoms with Crippen molar-refractivity contribution in [3.63, 3.8) is 0 Å². The van der Waals surface area contributed by atoms with E-state index in [9.17, 15) is 9.90 Å². The summed E-state index contributed by atoms with van der Waals surface area (Å²) >= 11 is 0. The Morgan fingerprint density at radius 2 is 1.93 bits per heavy atom. The maximum atomic E-state index is 12.8. The summed E-state index contributed by atoms with van der Waals surface area (Å²) in [5.74, 6) is 0.355. The largest absolute Gasteiger partial charge is 0.439 e. The minimum atomic E-state index is -1.37. The van der Waals surface area contributed by atoms with E-state index in [0.29, 0.717) is 31.9 Å². The number of fused-ring (bicyclic) bond motifs is 1. The lowest BCUT2D eigenvalue weighted by molar-refractivity contribution is -0.156. The van der Waals surface area contributed by atoms with Crippen molar-refractivity contribution in [2.45, 2.75) is 31.4 Å². The number of nitrogens with zero attached hydrogens (tertiary/aromatic N) is 2. The fourth-order valence-electron chi connectivity index (χ4n) is 3.72. The number of piperidine rings is 1. The number of benzene rings is 2. The van der Waals surface area contributed by atoms with E-state index >= 15 is 0 Å². The van der Waals surface area contributed by atoms with Crippen LogP contribution in [-0.4, -0.2) is 46.1 Å². The first-order chi connectivity index (χ1) is 13.6. The number of aromatic nitrogens is 1. The van der Waals surface area contributed by atoms with Crippen LogP contribution >= 0.6 is 0 Å². The quantitative estimate of drug-likeness (QED) is 0.660. The van der Waals surface area contributed by atoms with Crippen molar-refractivity contribution < 1.29 is 14.3 Å². The van der Waals surface area contributed by atoms with Crippen LogP contribution < -0.4 is 5.32 Å². The van der Waals surface area contributed by atoms with Gasteiger partial charge in [0.1, 0.15) is 5.52 Å². The molecule has 28 heavy (non-hydrogen) atoms. The summed E-state index contributed by atoms with van der Waals surface area (Å²) in [6.45, 7) is 1.87. The second kappa shape index (κ2) is 8.12. The fourth-order valence-corrected chi connectivity index (χ4v) is 3.72. The molecular formula is C22H25N3O3. The fraction of sp³-hybridized carbons (Fsp3) is 0.364. The molecule has 1 amide bonds. The Morgan fingerprint density at radius 1 is 1.14 bits per heavy atom. The molecule has 1 aromatic heterocycles. The zero-order chi connectivity index (χ0) is 19.4. The van der Waals surface area contributed by atoms with Crippen molar-refractivity contribution in [1.82, 2.24) is 15.2 Å². The first-order valence-corrected chi connectivity index (χ1v) is 9.75. The third-order valence-electron chi connectivity index (χ3n) is 5.25. The van der Waals surface area contributed by atoms with Crippen LogP contribution in [-0.2, 0) is 17.8 Å². The monoisotopic (exact) mass is 379 g/mol. The first-order valence-electron chi connectivity index (χ1n) is 9.75. The van der Waals surface area contributed by atoms with Gasteiger partial charge in [-0.25, -0.2) is 4.98 Å². The number of rotatable bonds is 7. The van der Waals surface area contributed by atoms with Crippen molar-refractivity contribution in [2.75, 3.05) is 19.6 Å². The van der Waals surface area contributed by atoms with Crippen LogP contribution in [0.1, 0.15) is 24.3 Å². The molecule has 6 heteroatoms. The molecule has 4 rings (SSSR count). The Morgan fingerprint density at radius 3 is 2.75 bits per heavy atom. The van der Waals surface area contributed by atoms with Crippen LogP contribution in [0, 0.1) is 0 Å². The van der Waals surface area contributed by atoms with Crippen molar-refractivity contribution in [2.24, 2.45) is 0 Å². The van der Waals surface area contributed by atoms with E-state index in [1.807, 2.05) is 42.5 Å². The highest BCUT2D eigenvalue weighted by Crippen LogP contribution is 2.23. The van der Waals surface area contributed by atoms with Gasteiger partial charge in [0.25, 0.3) is 5.91 Å². The number of carbonyl (C=O) groups is 1. The lowest BCUT2D eigenvalue weighted by Gasteiger charge is -2.38. The minimum absolute atomic E-state index is 0.187. The van der Waals surface area contributed by atoms with E-state index in [0.717, 1.165) is 23.9 Å². The molecule has 2 aromatic carbocycles. The Kier molecular flexibility index (Phi) is 5.41. The van der Waals surface area contributed by atoms with E-state index in [2.05, 4.69) is 22.4 Å². The number of carbonyl (C=O) groups excluding carboxylic acids is 1. The van der Waals surface area contributed by atoms with Gasteiger partial charge in [0, 0.05) is 19.6 Å².